The summed E-state index contributed by atoms with van der Waals surface area (Å²) in [7, 11) is 0. The number of nitrogens with zero attached hydrogens (tertiary/aromatic N) is 2. The third kappa shape index (κ3) is 6.39. The van der Waals surface area contributed by atoms with Gasteiger partial charge < -0.3 is 25.3 Å². The molecule has 0 radical (unpaired) electrons. The van der Waals surface area contributed by atoms with Gasteiger partial charge in [-0.3, -0.25) is 0 Å². The van der Waals surface area contributed by atoms with Crippen LogP contribution in [-0.2, 0) is 16.1 Å². The van der Waals surface area contributed by atoms with Crippen LogP contribution in [0, 0.1) is 0 Å². The van der Waals surface area contributed by atoms with Crippen LogP contribution in [0.1, 0.15) is 18.4 Å². The average Bonchev–Trinajstić information content (AvgIpc) is 3.03. The van der Waals surface area contributed by atoms with Gasteiger partial charge >= 0.3 is 24.3 Å². The van der Waals surface area contributed by atoms with Gasteiger partial charge in [0.15, 0.2) is 0 Å². The van der Waals surface area contributed by atoms with Crippen LogP contribution in [0.5, 0.6) is 0 Å². The van der Waals surface area contributed by atoms with Crippen molar-refractivity contribution >= 4 is 23.3 Å². The van der Waals surface area contributed by atoms with Crippen molar-refractivity contribution in [2.45, 2.75) is 37.8 Å². The third-order valence-electron chi connectivity index (χ3n) is 4.89. The van der Waals surface area contributed by atoms with Crippen LogP contribution in [0.2, 0.25) is 0 Å². The fraction of sp³-hybridized carbons (Fsp3) is 0.556. The molecule has 0 unspecified atom stereocenters. The van der Waals surface area contributed by atoms with Crippen LogP contribution in [0.4, 0.5) is 37.7 Å². The second-order valence-electron chi connectivity index (χ2n) is 7.00. The summed E-state index contributed by atoms with van der Waals surface area (Å²) in [6.45, 7) is 5.78. The second kappa shape index (κ2) is 9.62. The van der Waals surface area contributed by atoms with Gasteiger partial charge in [-0.15, -0.1) is 0 Å². The van der Waals surface area contributed by atoms with E-state index in [1.54, 1.807) is 0 Å². The summed E-state index contributed by atoms with van der Waals surface area (Å²) >= 11 is 0. The van der Waals surface area contributed by atoms with Crippen molar-refractivity contribution in [3.05, 3.63) is 23.8 Å². The molecule has 0 aliphatic carbocycles. The predicted octanol–water partition coefficient (Wildman–Crippen LogP) is 2.85. The fourth-order valence-corrected chi connectivity index (χ4v) is 3.65. The van der Waals surface area contributed by atoms with E-state index >= 15 is 0 Å². The first kappa shape index (κ1) is 24.6. The molecule has 0 amide bonds. The zero-order valence-electron chi connectivity index (χ0n) is 16.1. The van der Waals surface area contributed by atoms with Crippen molar-refractivity contribution in [2.24, 2.45) is 0 Å². The molecule has 31 heavy (non-hydrogen) atoms. The molecule has 0 spiro atoms. The lowest BCUT2D eigenvalue weighted by molar-refractivity contribution is -0.193. The fourth-order valence-electron chi connectivity index (χ4n) is 3.65. The Bertz CT molecular complexity index is 775. The zero-order chi connectivity index (χ0) is 23.4. The van der Waals surface area contributed by atoms with Crippen molar-refractivity contribution in [2.75, 3.05) is 36.0 Å². The Balaban J connectivity index is 0.000000206. The molecule has 7 nitrogen and oxygen atoms in total. The van der Waals surface area contributed by atoms with Crippen LogP contribution in [0.15, 0.2) is 18.2 Å². The van der Waals surface area contributed by atoms with E-state index in [2.05, 4.69) is 33.3 Å². The molecule has 3 heterocycles. The summed E-state index contributed by atoms with van der Waals surface area (Å²) in [5, 5.41) is 17.8. The van der Waals surface area contributed by atoms with E-state index in [1.807, 2.05) is 0 Å². The van der Waals surface area contributed by atoms with E-state index in [0.717, 1.165) is 25.7 Å². The first-order valence-corrected chi connectivity index (χ1v) is 9.26. The van der Waals surface area contributed by atoms with Gasteiger partial charge in [0.05, 0.1) is 11.4 Å². The highest BCUT2D eigenvalue weighted by Gasteiger charge is 2.39. The van der Waals surface area contributed by atoms with E-state index in [9.17, 15) is 26.3 Å². The van der Waals surface area contributed by atoms with Gasteiger partial charge in [-0.1, -0.05) is 12.1 Å². The highest BCUT2D eigenvalue weighted by atomic mass is 19.4. The number of anilines is 2. The Morgan fingerprint density at radius 3 is 2.13 bits per heavy atom. The van der Waals surface area contributed by atoms with Gasteiger partial charge in [0, 0.05) is 38.8 Å². The normalized spacial score (nSPS) is 19.6. The van der Waals surface area contributed by atoms with Crippen LogP contribution >= 0.6 is 0 Å². The second-order valence-corrected chi connectivity index (χ2v) is 7.00. The highest BCUT2D eigenvalue weighted by Crippen LogP contribution is 2.41. The van der Waals surface area contributed by atoms with E-state index in [0.29, 0.717) is 0 Å². The van der Waals surface area contributed by atoms with Crippen molar-refractivity contribution in [1.29, 1.82) is 0 Å². The molecule has 1 fully saturated rings. The molecule has 174 valence electrons. The monoisotopic (exact) mass is 457 g/mol. The highest BCUT2D eigenvalue weighted by molar-refractivity contribution is 5.78. The maximum Gasteiger partial charge on any atom is 0.490 e. The Kier molecular flexibility index (Phi) is 7.63. The minimum absolute atomic E-state index is 0.760. The lowest BCUT2D eigenvalue weighted by atomic mass is 10.0. The quantitative estimate of drug-likeness (QED) is 0.516. The number of nitrogens with one attached hydrogen (secondary N) is 1. The Hall–Kier alpha value is -2.70. The molecule has 3 aliphatic heterocycles. The molecule has 0 bridgehead atoms. The number of hydrogen-bond acceptors (Lipinski definition) is 5. The maximum atomic E-state index is 10.6. The predicted molar refractivity (Wildman–Crippen MR) is 98.1 cm³/mol. The van der Waals surface area contributed by atoms with Gasteiger partial charge in [-0.05, 0) is 24.5 Å². The largest absolute Gasteiger partial charge is 0.490 e. The maximum absolute atomic E-state index is 10.6. The molecule has 4 rings (SSSR count). The van der Waals surface area contributed by atoms with E-state index in [1.165, 1.54) is 42.9 Å². The summed E-state index contributed by atoms with van der Waals surface area (Å²) in [5.41, 5.74) is 4.47. The van der Waals surface area contributed by atoms with Gasteiger partial charge in [0.1, 0.15) is 0 Å². The number of benzene rings is 1. The zero-order valence-corrected chi connectivity index (χ0v) is 16.1. The number of hydrogen-bond donors (Lipinski definition) is 3. The number of carboxylic acid groups (broad SMARTS) is 2. The molecule has 0 aromatic heterocycles. The standard InChI is InChI=1S/C14H19N3.2C2HF3O2/c1-3-11-9-15-6-8-16-10-12-4-2-7-17(12)13(5-1)14(11)16;2*3-2(4,5)1(6)7/h1,3,5,12,15H,2,4,6-10H2;2*(H,6,7)/t12-;;/m1../s1. The molecular weight excluding hydrogens is 436 g/mol. The lowest BCUT2D eigenvalue weighted by Crippen LogP contribution is -2.46. The molecule has 3 aliphatic rings. The minimum atomic E-state index is -5.08. The molecule has 1 aromatic carbocycles. The Morgan fingerprint density at radius 2 is 1.58 bits per heavy atom. The summed E-state index contributed by atoms with van der Waals surface area (Å²) in [6.07, 6.45) is -7.44. The summed E-state index contributed by atoms with van der Waals surface area (Å²) in [4.78, 5) is 23.0. The SMILES string of the molecule is O=C(O)C(F)(F)F.O=C(O)C(F)(F)F.c1cc2c3c(c1)N1CCC[C@@H]1CN3CCNC2. The molecular formula is C18H21F6N3O4. The van der Waals surface area contributed by atoms with Crippen LogP contribution in [0.25, 0.3) is 0 Å². The summed E-state index contributed by atoms with van der Waals surface area (Å²) in [6, 6.07) is 7.57. The number of rotatable bonds is 0. The number of carboxylic acids is 2. The summed E-state index contributed by atoms with van der Waals surface area (Å²) in [5.74, 6) is -5.51. The molecule has 1 aromatic rings. The number of aliphatic carboxylic acids is 2. The average molecular weight is 457 g/mol. The van der Waals surface area contributed by atoms with Gasteiger partial charge in [0.2, 0.25) is 0 Å². The van der Waals surface area contributed by atoms with Gasteiger partial charge in [0.25, 0.3) is 0 Å². The number of halogens is 6. The van der Waals surface area contributed by atoms with Crippen molar-refractivity contribution in [1.82, 2.24) is 5.32 Å². The molecule has 3 N–H and O–H groups in total. The molecule has 13 heteroatoms. The van der Waals surface area contributed by atoms with Crippen LogP contribution in [-0.4, -0.2) is 66.7 Å². The van der Waals surface area contributed by atoms with Crippen molar-refractivity contribution in [3.63, 3.8) is 0 Å². The molecule has 1 saturated heterocycles. The van der Waals surface area contributed by atoms with Crippen LogP contribution in [0.3, 0.4) is 0 Å². The van der Waals surface area contributed by atoms with E-state index in [4.69, 9.17) is 19.8 Å². The van der Waals surface area contributed by atoms with Crippen LogP contribution < -0.4 is 15.1 Å². The minimum Gasteiger partial charge on any atom is -0.475 e. The number of carbonyl (C=O) groups is 2. The van der Waals surface area contributed by atoms with E-state index < -0.39 is 24.3 Å². The third-order valence-corrected chi connectivity index (χ3v) is 4.89. The first-order valence-electron chi connectivity index (χ1n) is 9.26. The van der Waals surface area contributed by atoms with Crippen molar-refractivity contribution in [3.8, 4) is 0 Å². The van der Waals surface area contributed by atoms with Crippen molar-refractivity contribution < 1.29 is 46.1 Å². The first-order chi connectivity index (χ1) is 14.3. The van der Waals surface area contributed by atoms with Gasteiger partial charge in [-0.25, -0.2) is 9.59 Å². The Labute approximate surface area is 173 Å². The lowest BCUT2D eigenvalue weighted by Gasteiger charge is -2.41. The topological polar surface area (TPSA) is 93.1 Å². The van der Waals surface area contributed by atoms with Gasteiger partial charge in [-0.2, -0.15) is 26.3 Å². The number of alkyl halides is 6. The molecule has 1 atom stereocenters. The van der Waals surface area contributed by atoms with E-state index in [-0.39, 0.29) is 0 Å². The Morgan fingerprint density at radius 1 is 1.00 bits per heavy atom. The smallest absolute Gasteiger partial charge is 0.475 e. The number of fused-ring (bicyclic) bond motifs is 2. The summed E-state index contributed by atoms with van der Waals surface area (Å²) < 4.78 is 63.5. The molecule has 0 saturated carbocycles. The number of para-hydroxylation sites is 1.